The smallest absolute Gasteiger partial charge is 0.157 e. The number of hydrogen-bond donors (Lipinski definition) is 1. The summed E-state index contributed by atoms with van der Waals surface area (Å²) in [4.78, 5) is 8.06. The predicted molar refractivity (Wildman–Crippen MR) is 61.9 cm³/mol. The summed E-state index contributed by atoms with van der Waals surface area (Å²) in [5, 5.41) is 9.92. The third-order valence-electron chi connectivity index (χ3n) is 2.43. The van der Waals surface area contributed by atoms with E-state index in [1.807, 2.05) is 31.2 Å². The Bertz CT molecular complexity index is 439. The Morgan fingerprint density at radius 2 is 1.75 bits per heavy atom. The van der Waals surface area contributed by atoms with Crippen molar-refractivity contribution in [2.45, 2.75) is 19.4 Å². The average Bonchev–Trinajstić information content (AvgIpc) is 2.33. The molecule has 1 heterocycles. The van der Waals surface area contributed by atoms with Crippen LogP contribution in [0.4, 0.5) is 0 Å². The predicted octanol–water partition coefficient (Wildman–Crippen LogP) is 2.06. The first-order valence-corrected chi connectivity index (χ1v) is 5.26. The molecule has 0 saturated heterocycles. The summed E-state index contributed by atoms with van der Waals surface area (Å²) < 4.78 is 0. The van der Waals surface area contributed by atoms with E-state index < -0.39 is 6.10 Å². The van der Waals surface area contributed by atoms with Crippen LogP contribution in [0.5, 0.6) is 0 Å². The Labute approximate surface area is 94.8 Å². The van der Waals surface area contributed by atoms with Crippen molar-refractivity contribution in [3.05, 3.63) is 59.7 Å². The second-order valence-corrected chi connectivity index (χ2v) is 3.81. The maximum atomic E-state index is 9.92. The average molecular weight is 214 g/mol. The Balaban J connectivity index is 2.08. The summed E-state index contributed by atoms with van der Waals surface area (Å²) in [6.45, 7) is 2.04. The highest BCUT2D eigenvalue weighted by Crippen LogP contribution is 2.14. The van der Waals surface area contributed by atoms with Crippen LogP contribution in [0.1, 0.15) is 23.1 Å². The normalized spacial score (nSPS) is 12.4. The topological polar surface area (TPSA) is 46.0 Å². The fourth-order valence-electron chi connectivity index (χ4n) is 1.52. The molecule has 1 aromatic carbocycles. The second kappa shape index (κ2) is 4.86. The molecular weight excluding hydrogens is 200 g/mol. The molecule has 1 unspecified atom stereocenters. The number of aliphatic hydroxyl groups excluding tert-OH is 1. The van der Waals surface area contributed by atoms with E-state index in [0.29, 0.717) is 12.2 Å². The van der Waals surface area contributed by atoms with Crippen LogP contribution in [0.3, 0.4) is 0 Å². The fourth-order valence-corrected chi connectivity index (χ4v) is 1.52. The molecule has 0 amide bonds. The first-order valence-electron chi connectivity index (χ1n) is 5.26. The van der Waals surface area contributed by atoms with E-state index in [1.165, 1.54) is 5.56 Å². The van der Waals surface area contributed by atoms with E-state index in [1.54, 1.807) is 18.5 Å². The van der Waals surface area contributed by atoms with Crippen molar-refractivity contribution in [2.75, 3.05) is 0 Å². The lowest BCUT2D eigenvalue weighted by Crippen LogP contribution is -2.06. The molecule has 0 aliphatic carbocycles. The van der Waals surface area contributed by atoms with Gasteiger partial charge in [0.2, 0.25) is 0 Å². The number of hydrogen-bond acceptors (Lipinski definition) is 3. The van der Waals surface area contributed by atoms with Crippen LogP contribution < -0.4 is 0 Å². The molecule has 1 atom stereocenters. The molecule has 0 spiro atoms. The zero-order valence-corrected chi connectivity index (χ0v) is 9.17. The molecule has 1 N–H and O–H groups in total. The quantitative estimate of drug-likeness (QED) is 0.850. The maximum Gasteiger partial charge on any atom is 0.157 e. The van der Waals surface area contributed by atoms with E-state index in [9.17, 15) is 5.11 Å². The van der Waals surface area contributed by atoms with Crippen LogP contribution in [0.15, 0.2) is 42.7 Å². The van der Waals surface area contributed by atoms with E-state index in [-0.39, 0.29) is 0 Å². The van der Waals surface area contributed by atoms with Gasteiger partial charge < -0.3 is 5.11 Å². The second-order valence-electron chi connectivity index (χ2n) is 3.81. The molecule has 0 fully saturated rings. The number of aryl methyl sites for hydroxylation is 1. The number of nitrogens with zero attached hydrogens (tertiary/aromatic N) is 2. The van der Waals surface area contributed by atoms with Crippen molar-refractivity contribution in [2.24, 2.45) is 0 Å². The molecule has 2 aromatic rings. The van der Waals surface area contributed by atoms with Gasteiger partial charge in [0.15, 0.2) is 5.82 Å². The molecule has 3 nitrogen and oxygen atoms in total. The summed E-state index contributed by atoms with van der Waals surface area (Å²) >= 11 is 0. The van der Waals surface area contributed by atoms with Crippen molar-refractivity contribution in [1.82, 2.24) is 9.97 Å². The number of rotatable bonds is 3. The SMILES string of the molecule is Cc1ccc(CC(O)c2ncccn2)cc1. The molecule has 0 aliphatic rings. The van der Waals surface area contributed by atoms with E-state index >= 15 is 0 Å². The summed E-state index contributed by atoms with van der Waals surface area (Å²) in [6.07, 6.45) is 3.19. The molecule has 82 valence electrons. The van der Waals surface area contributed by atoms with Crippen LogP contribution in [-0.2, 0) is 6.42 Å². The Morgan fingerprint density at radius 3 is 2.38 bits per heavy atom. The van der Waals surface area contributed by atoms with Gasteiger partial charge in [-0.2, -0.15) is 0 Å². The van der Waals surface area contributed by atoms with Gasteiger partial charge in [-0.25, -0.2) is 9.97 Å². The first-order chi connectivity index (χ1) is 7.75. The zero-order valence-electron chi connectivity index (χ0n) is 9.17. The largest absolute Gasteiger partial charge is 0.385 e. The minimum Gasteiger partial charge on any atom is -0.385 e. The van der Waals surface area contributed by atoms with Gasteiger partial charge in [0.05, 0.1) is 0 Å². The van der Waals surface area contributed by atoms with Crippen molar-refractivity contribution >= 4 is 0 Å². The van der Waals surface area contributed by atoms with Crippen molar-refractivity contribution in [1.29, 1.82) is 0 Å². The Kier molecular flexibility index (Phi) is 3.27. The van der Waals surface area contributed by atoms with Gasteiger partial charge in [-0.15, -0.1) is 0 Å². The summed E-state index contributed by atoms with van der Waals surface area (Å²) in [5.74, 6) is 0.475. The molecule has 2 rings (SSSR count). The van der Waals surface area contributed by atoms with E-state index in [4.69, 9.17) is 0 Å². The number of benzene rings is 1. The highest BCUT2D eigenvalue weighted by Gasteiger charge is 2.10. The van der Waals surface area contributed by atoms with Gasteiger partial charge in [-0.1, -0.05) is 29.8 Å². The van der Waals surface area contributed by atoms with Gasteiger partial charge >= 0.3 is 0 Å². The summed E-state index contributed by atoms with van der Waals surface area (Å²) in [5.41, 5.74) is 2.31. The van der Waals surface area contributed by atoms with Crippen molar-refractivity contribution in [3.63, 3.8) is 0 Å². The molecular formula is C13H14N2O. The molecule has 0 bridgehead atoms. The standard InChI is InChI=1S/C13H14N2O/c1-10-3-5-11(6-4-10)9-12(16)13-14-7-2-8-15-13/h2-8,12,16H,9H2,1H3. The minimum atomic E-state index is -0.635. The highest BCUT2D eigenvalue weighted by molar-refractivity contribution is 5.22. The molecule has 0 aliphatic heterocycles. The Hall–Kier alpha value is -1.74. The molecule has 0 saturated carbocycles. The minimum absolute atomic E-state index is 0.475. The third kappa shape index (κ3) is 2.64. The Morgan fingerprint density at radius 1 is 1.12 bits per heavy atom. The van der Waals surface area contributed by atoms with Crippen LogP contribution in [-0.4, -0.2) is 15.1 Å². The molecule has 3 heteroatoms. The molecule has 0 radical (unpaired) electrons. The summed E-state index contributed by atoms with van der Waals surface area (Å²) in [7, 11) is 0. The summed E-state index contributed by atoms with van der Waals surface area (Å²) in [6, 6.07) is 9.84. The van der Waals surface area contributed by atoms with E-state index in [0.717, 1.165) is 5.56 Å². The maximum absolute atomic E-state index is 9.92. The van der Waals surface area contributed by atoms with Gasteiger partial charge in [-0.05, 0) is 18.6 Å². The van der Waals surface area contributed by atoms with Gasteiger partial charge in [0.25, 0.3) is 0 Å². The number of aliphatic hydroxyl groups is 1. The fraction of sp³-hybridized carbons (Fsp3) is 0.231. The van der Waals surface area contributed by atoms with Crippen molar-refractivity contribution in [3.8, 4) is 0 Å². The van der Waals surface area contributed by atoms with Crippen LogP contribution in [0.2, 0.25) is 0 Å². The molecule has 16 heavy (non-hydrogen) atoms. The monoisotopic (exact) mass is 214 g/mol. The lowest BCUT2D eigenvalue weighted by atomic mass is 10.1. The lowest BCUT2D eigenvalue weighted by molar-refractivity contribution is 0.168. The van der Waals surface area contributed by atoms with Crippen LogP contribution >= 0.6 is 0 Å². The van der Waals surface area contributed by atoms with Gasteiger partial charge in [0.1, 0.15) is 6.10 Å². The first kappa shape index (κ1) is 10.8. The molecule has 1 aromatic heterocycles. The number of aromatic nitrogens is 2. The third-order valence-corrected chi connectivity index (χ3v) is 2.43. The van der Waals surface area contributed by atoms with Crippen LogP contribution in [0, 0.1) is 6.92 Å². The van der Waals surface area contributed by atoms with E-state index in [2.05, 4.69) is 9.97 Å². The van der Waals surface area contributed by atoms with Crippen molar-refractivity contribution < 1.29 is 5.11 Å². The highest BCUT2D eigenvalue weighted by atomic mass is 16.3. The zero-order chi connectivity index (χ0) is 11.4. The van der Waals surface area contributed by atoms with Crippen LogP contribution in [0.25, 0.3) is 0 Å². The lowest BCUT2D eigenvalue weighted by Gasteiger charge is -2.08. The van der Waals surface area contributed by atoms with Gasteiger partial charge in [0, 0.05) is 18.8 Å². The van der Waals surface area contributed by atoms with Gasteiger partial charge in [-0.3, -0.25) is 0 Å².